The Morgan fingerprint density at radius 3 is 2.69 bits per heavy atom. The zero-order chi connectivity index (χ0) is 11.5. The fourth-order valence-electron chi connectivity index (χ4n) is 2.19. The van der Waals surface area contributed by atoms with Crippen LogP contribution in [0.4, 0.5) is 5.69 Å². The molecular formula is C13H17NO2. The van der Waals surface area contributed by atoms with Crippen LogP contribution in [0.15, 0.2) is 18.2 Å². The Morgan fingerprint density at radius 2 is 2.06 bits per heavy atom. The molecule has 0 amide bonds. The SMILES string of the molecule is Cc1cccc(N)c1C(=O)OC1CCCC1. The molecule has 0 spiro atoms. The summed E-state index contributed by atoms with van der Waals surface area (Å²) in [6, 6.07) is 5.46. The van der Waals surface area contributed by atoms with E-state index >= 15 is 0 Å². The van der Waals surface area contributed by atoms with E-state index in [9.17, 15) is 4.79 Å². The van der Waals surface area contributed by atoms with Gasteiger partial charge in [-0.3, -0.25) is 0 Å². The number of hydrogen-bond donors (Lipinski definition) is 1. The van der Waals surface area contributed by atoms with Crippen molar-refractivity contribution in [2.75, 3.05) is 5.73 Å². The van der Waals surface area contributed by atoms with Crippen molar-refractivity contribution >= 4 is 11.7 Å². The van der Waals surface area contributed by atoms with Crippen molar-refractivity contribution in [1.29, 1.82) is 0 Å². The minimum atomic E-state index is -0.275. The maximum atomic E-state index is 11.9. The Bertz CT molecular complexity index is 375. The Labute approximate surface area is 95.6 Å². The minimum Gasteiger partial charge on any atom is -0.459 e. The smallest absolute Gasteiger partial charge is 0.340 e. The van der Waals surface area contributed by atoms with E-state index in [0.29, 0.717) is 11.3 Å². The lowest BCUT2D eigenvalue weighted by molar-refractivity contribution is 0.0318. The van der Waals surface area contributed by atoms with E-state index < -0.39 is 0 Å². The quantitative estimate of drug-likeness (QED) is 0.614. The molecule has 2 N–H and O–H groups in total. The second-order valence-corrected chi connectivity index (χ2v) is 4.35. The number of carbonyl (C=O) groups excluding carboxylic acids is 1. The van der Waals surface area contributed by atoms with Crippen molar-refractivity contribution in [3.8, 4) is 0 Å². The molecule has 3 heteroatoms. The van der Waals surface area contributed by atoms with Crippen LogP contribution in [0, 0.1) is 6.92 Å². The van der Waals surface area contributed by atoms with Gasteiger partial charge >= 0.3 is 5.97 Å². The van der Waals surface area contributed by atoms with Crippen molar-refractivity contribution in [3.63, 3.8) is 0 Å². The fraction of sp³-hybridized carbons (Fsp3) is 0.462. The van der Waals surface area contributed by atoms with Crippen LogP contribution in [0.25, 0.3) is 0 Å². The lowest BCUT2D eigenvalue weighted by Gasteiger charge is -2.13. The third kappa shape index (κ3) is 2.18. The van der Waals surface area contributed by atoms with Crippen molar-refractivity contribution in [2.24, 2.45) is 0 Å². The van der Waals surface area contributed by atoms with E-state index in [1.807, 2.05) is 19.1 Å². The zero-order valence-electron chi connectivity index (χ0n) is 9.53. The van der Waals surface area contributed by atoms with Crippen LogP contribution in [0.1, 0.15) is 41.6 Å². The van der Waals surface area contributed by atoms with Crippen LogP contribution in [-0.2, 0) is 4.74 Å². The Morgan fingerprint density at radius 1 is 1.38 bits per heavy atom. The van der Waals surface area contributed by atoms with Gasteiger partial charge in [-0.25, -0.2) is 4.79 Å². The summed E-state index contributed by atoms with van der Waals surface area (Å²) in [5.74, 6) is -0.275. The summed E-state index contributed by atoms with van der Waals surface area (Å²) >= 11 is 0. The highest BCUT2D eigenvalue weighted by atomic mass is 16.5. The van der Waals surface area contributed by atoms with Crippen LogP contribution in [-0.4, -0.2) is 12.1 Å². The van der Waals surface area contributed by atoms with Gasteiger partial charge in [0.05, 0.1) is 5.56 Å². The summed E-state index contributed by atoms with van der Waals surface area (Å²) in [4.78, 5) is 11.9. The number of hydrogen-bond acceptors (Lipinski definition) is 3. The number of nitrogen functional groups attached to an aromatic ring is 1. The summed E-state index contributed by atoms with van der Waals surface area (Å²) in [6.45, 7) is 1.88. The van der Waals surface area contributed by atoms with E-state index in [-0.39, 0.29) is 12.1 Å². The van der Waals surface area contributed by atoms with Gasteiger partial charge in [-0.1, -0.05) is 12.1 Å². The minimum absolute atomic E-state index is 0.0894. The molecule has 1 aromatic rings. The monoisotopic (exact) mass is 219 g/mol. The number of esters is 1. The molecule has 0 aliphatic heterocycles. The van der Waals surface area contributed by atoms with Gasteiger partial charge in [0, 0.05) is 5.69 Å². The second kappa shape index (κ2) is 4.56. The highest BCUT2D eigenvalue weighted by Crippen LogP contribution is 2.24. The highest BCUT2D eigenvalue weighted by Gasteiger charge is 2.22. The van der Waals surface area contributed by atoms with Gasteiger partial charge in [-0.05, 0) is 44.2 Å². The summed E-state index contributed by atoms with van der Waals surface area (Å²) in [6.07, 6.45) is 4.36. The van der Waals surface area contributed by atoms with Crippen molar-refractivity contribution in [1.82, 2.24) is 0 Å². The molecule has 86 valence electrons. The number of nitrogens with two attached hydrogens (primary N) is 1. The standard InChI is InChI=1S/C13H17NO2/c1-9-5-4-8-11(14)12(9)13(15)16-10-6-2-3-7-10/h4-5,8,10H,2-3,6-7,14H2,1H3. The molecule has 3 nitrogen and oxygen atoms in total. The molecule has 0 radical (unpaired) electrons. The molecular weight excluding hydrogens is 202 g/mol. The Kier molecular flexibility index (Phi) is 3.13. The molecule has 2 rings (SSSR count). The predicted molar refractivity (Wildman–Crippen MR) is 63.3 cm³/mol. The summed E-state index contributed by atoms with van der Waals surface area (Å²) in [5, 5.41) is 0. The number of rotatable bonds is 2. The average molecular weight is 219 g/mol. The topological polar surface area (TPSA) is 52.3 Å². The maximum absolute atomic E-state index is 11.9. The van der Waals surface area contributed by atoms with Gasteiger partial charge in [0.1, 0.15) is 6.10 Å². The summed E-state index contributed by atoms with van der Waals surface area (Å²) < 4.78 is 5.44. The average Bonchev–Trinajstić information content (AvgIpc) is 2.70. The molecule has 1 aromatic carbocycles. The summed E-state index contributed by atoms with van der Waals surface area (Å²) in [7, 11) is 0. The molecule has 0 heterocycles. The molecule has 1 aliphatic carbocycles. The molecule has 1 saturated carbocycles. The highest BCUT2D eigenvalue weighted by molar-refractivity contribution is 5.96. The maximum Gasteiger partial charge on any atom is 0.340 e. The largest absolute Gasteiger partial charge is 0.459 e. The van der Waals surface area contributed by atoms with Gasteiger partial charge in [0.15, 0.2) is 0 Å². The molecule has 0 atom stereocenters. The molecule has 0 aromatic heterocycles. The first-order valence-corrected chi connectivity index (χ1v) is 5.74. The van der Waals surface area contributed by atoms with Gasteiger partial charge in [-0.15, -0.1) is 0 Å². The Balaban J connectivity index is 2.13. The van der Waals surface area contributed by atoms with Gasteiger partial charge in [-0.2, -0.15) is 0 Å². The van der Waals surface area contributed by atoms with Crippen molar-refractivity contribution in [3.05, 3.63) is 29.3 Å². The third-order valence-corrected chi connectivity index (χ3v) is 3.09. The van der Waals surface area contributed by atoms with Gasteiger partial charge in [0.2, 0.25) is 0 Å². The first-order chi connectivity index (χ1) is 7.68. The predicted octanol–water partition coefficient (Wildman–Crippen LogP) is 2.68. The Hall–Kier alpha value is -1.51. The van der Waals surface area contributed by atoms with E-state index in [1.54, 1.807) is 6.07 Å². The number of ether oxygens (including phenoxy) is 1. The second-order valence-electron chi connectivity index (χ2n) is 4.35. The number of benzene rings is 1. The number of carbonyl (C=O) groups is 1. The van der Waals surface area contributed by atoms with Gasteiger partial charge < -0.3 is 10.5 Å². The van der Waals surface area contributed by atoms with E-state index in [4.69, 9.17) is 10.5 Å². The van der Waals surface area contributed by atoms with Crippen LogP contribution in [0.2, 0.25) is 0 Å². The van der Waals surface area contributed by atoms with E-state index in [1.165, 1.54) is 0 Å². The van der Waals surface area contributed by atoms with E-state index in [2.05, 4.69) is 0 Å². The van der Waals surface area contributed by atoms with Crippen LogP contribution in [0.5, 0.6) is 0 Å². The lowest BCUT2D eigenvalue weighted by Crippen LogP contribution is -2.17. The molecule has 0 bridgehead atoms. The zero-order valence-corrected chi connectivity index (χ0v) is 9.53. The van der Waals surface area contributed by atoms with Crippen molar-refractivity contribution < 1.29 is 9.53 Å². The van der Waals surface area contributed by atoms with Gasteiger partial charge in [0.25, 0.3) is 0 Å². The molecule has 1 fully saturated rings. The third-order valence-electron chi connectivity index (χ3n) is 3.09. The summed E-state index contributed by atoms with van der Waals surface area (Å²) in [5.41, 5.74) is 7.70. The van der Waals surface area contributed by atoms with Crippen LogP contribution in [0.3, 0.4) is 0 Å². The van der Waals surface area contributed by atoms with Crippen LogP contribution >= 0.6 is 0 Å². The van der Waals surface area contributed by atoms with Crippen molar-refractivity contribution in [2.45, 2.75) is 38.7 Å². The molecule has 1 aliphatic rings. The molecule has 0 unspecified atom stereocenters. The van der Waals surface area contributed by atoms with E-state index in [0.717, 1.165) is 31.2 Å². The number of anilines is 1. The lowest BCUT2D eigenvalue weighted by atomic mass is 10.1. The first kappa shape index (κ1) is 11.0. The normalized spacial score (nSPS) is 16.3. The first-order valence-electron chi connectivity index (χ1n) is 5.74. The number of aryl methyl sites for hydroxylation is 1. The van der Waals surface area contributed by atoms with Crippen LogP contribution < -0.4 is 5.73 Å². The fourth-order valence-corrected chi connectivity index (χ4v) is 2.19. The molecule has 16 heavy (non-hydrogen) atoms. The molecule has 0 saturated heterocycles.